The topological polar surface area (TPSA) is 52.3 Å². The first-order valence-electron chi connectivity index (χ1n) is 8.67. The largest absolute Gasteiger partial charge is 0.469 e. The van der Waals surface area contributed by atoms with Crippen LogP contribution in [0.2, 0.25) is 0 Å². The number of benzene rings is 1. The second-order valence-electron chi connectivity index (χ2n) is 8.32. The number of aromatic nitrogens is 1. The van der Waals surface area contributed by atoms with Gasteiger partial charge in [-0.15, -0.1) is 11.3 Å². The van der Waals surface area contributed by atoms with Crippen molar-refractivity contribution in [1.82, 2.24) is 4.98 Å². The van der Waals surface area contributed by atoms with Crippen LogP contribution in [-0.2, 0) is 21.4 Å². The Balaban J connectivity index is 1.90. The summed E-state index contributed by atoms with van der Waals surface area (Å²) in [5.74, 6) is 0.577. The first-order chi connectivity index (χ1) is 12.1. The normalized spacial score (nSPS) is 12.5. The van der Waals surface area contributed by atoms with Crippen molar-refractivity contribution >= 4 is 28.3 Å². The lowest BCUT2D eigenvalue weighted by Gasteiger charge is -2.21. The Morgan fingerprint density at radius 1 is 1.19 bits per heavy atom. The number of ether oxygens (including phenoxy) is 1. The molecule has 3 rings (SSSR count). The highest BCUT2D eigenvalue weighted by Gasteiger charge is 2.29. The molecule has 5 heteroatoms. The molecule has 4 nitrogen and oxygen atoms in total. The van der Waals surface area contributed by atoms with Crippen LogP contribution in [0.5, 0.6) is 0 Å². The molecule has 0 amide bonds. The van der Waals surface area contributed by atoms with Crippen molar-refractivity contribution in [3.63, 3.8) is 0 Å². The van der Waals surface area contributed by atoms with E-state index in [1.54, 1.807) is 11.3 Å². The van der Waals surface area contributed by atoms with Gasteiger partial charge in [-0.1, -0.05) is 26.8 Å². The van der Waals surface area contributed by atoms with Crippen LogP contribution in [0.3, 0.4) is 0 Å². The third-order valence-corrected chi connectivity index (χ3v) is 5.30. The van der Waals surface area contributed by atoms with Crippen LogP contribution in [0, 0.1) is 5.41 Å². The lowest BCUT2D eigenvalue weighted by molar-refractivity contribution is -0.150. The van der Waals surface area contributed by atoms with Crippen LogP contribution < -0.4 is 0 Å². The molecule has 0 aliphatic rings. The average Bonchev–Trinajstić information content (AvgIpc) is 3.19. The zero-order valence-corrected chi connectivity index (χ0v) is 17.0. The van der Waals surface area contributed by atoms with Crippen molar-refractivity contribution in [2.24, 2.45) is 5.41 Å². The van der Waals surface area contributed by atoms with Crippen LogP contribution in [-0.4, -0.2) is 18.1 Å². The fourth-order valence-electron chi connectivity index (χ4n) is 2.90. The van der Waals surface area contributed by atoms with E-state index in [9.17, 15) is 4.79 Å². The number of hydrogen-bond donors (Lipinski definition) is 0. The third kappa shape index (κ3) is 3.68. The fraction of sp³-hybridized carbons (Fsp3) is 0.429. The molecule has 1 aromatic carbocycles. The molecule has 2 heterocycles. The van der Waals surface area contributed by atoms with Gasteiger partial charge in [-0.05, 0) is 44.0 Å². The summed E-state index contributed by atoms with van der Waals surface area (Å²) >= 11 is 1.60. The van der Waals surface area contributed by atoms with E-state index in [1.165, 1.54) is 7.11 Å². The smallest absolute Gasteiger partial charge is 0.311 e. The van der Waals surface area contributed by atoms with Gasteiger partial charge in [-0.25, -0.2) is 4.98 Å². The predicted octanol–water partition coefficient (Wildman–Crippen LogP) is 5.60. The number of carbonyl (C=O) groups is 1. The maximum atomic E-state index is 11.9. The number of thiazole rings is 1. The standard InChI is InChI=1S/C21H25NO3S/c1-20(2,3)17-12-26-18(22-17)16-10-14-9-13(7-8-15(14)25-16)11-21(4,5)19(23)24-6/h7-10,12H,11H2,1-6H3. The summed E-state index contributed by atoms with van der Waals surface area (Å²) in [6.07, 6.45) is 0.613. The highest BCUT2D eigenvalue weighted by molar-refractivity contribution is 7.13. The van der Waals surface area contributed by atoms with Gasteiger partial charge in [0.15, 0.2) is 10.8 Å². The van der Waals surface area contributed by atoms with Crippen molar-refractivity contribution in [3.8, 4) is 10.8 Å². The van der Waals surface area contributed by atoms with E-state index < -0.39 is 5.41 Å². The molecule has 2 aromatic heterocycles. The van der Waals surface area contributed by atoms with Crippen molar-refractivity contribution in [2.75, 3.05) is 7.11 Å². The molecular weight excluding hydrogens is 346 g/mol. The van der Waals surface area contributed by atoms with Gasteiger partial charge in [0.25, 0.3) is 0 Å². The summed E-state index contributed by atoms with van der Waals surface area (Å²) in [5, 5.41) is 4.00. The molecule has 0 fully saturated rings. The number of rotatable bonds is 4. The summed E-state index contributed by atoms with van der Waals surface area (Å²) in [7, 11) is 1.43. The van der Waals surface area contributed by atoms with Crippen LogP contribution in [0.1, 0.15) is 45.9 Å². The van der Waals surface area contributed by atoms with Gasteiger partial charge in [0.05, 0.1) is 18.2 Å². The van der Waals surface area contributed by atoms with Gasteiger partial charge >= 0.3 is 5.97 Å². The van der Waals surface area contributed by atoms with Crippen molar-refractivity contribution < 1.29 is 13.9 Å². The second-order valence-corrected chi connectivity index (χ2v) is 9.18. The zero-order valence-electron chi connectivity index (χ0n) is 16.2. The van der Waals surface area contributed by atoms with Gasteiger partial charge in [-0.2, -0.15) is 0 Å². The third-order valence-electron chi connectivity index (χ3n) is 4.45. The summed E-state index contributed by atoms with van der Waals surface area (Å²) in [4.78, 5) is 16.7. The lowest BCUT2D eigenvalue weighted by Crippen LogP contribution is -2.27. The molecule has 0 spiro atoms. The Bertz CT molecular complexity index is 944. The molecule has 0 aliphatic heterocycles. The van der Waals surface area contributed by atoms with Gasteiger partial charge in [0.2, 0.25) is 0 Å². The Morgan fingerprint density at radius 3 is 2.54 bits per heavy atom. The van der Waals surface area contributed by atoms with E-state index in [0.717, 1.165) is 33.0 Å². The average molecular weight is 372 g/mol. The minimum Gasteiger partial charge on any atom is -0.469 e. The van der Waals surface area contributed by atoms with Gasteiger partial charge in [-0.3, -0.25) is 4.79 Å². The van der Waals surface area contributed by atoms with E-state index in [0.29, 0.717) is 6.42 Å². The Hall–Kier alpha value is -2.14. The summed E-state index contributed by atoms with van der Waals surface area (Å²) in [5.41, 5.74) is 2.43. The predicted molar refractivity (Wildman–Crippen MR) is 106 cm³/mol. The molecular formula is C21H25NO3S. The van der Waals surface area contributed by atoms with Crippen molar-refractivity contribution in [3.05, 3.63) is 40.9 Å². The van der Waals surface area contributed by atoms with E-state index in [-0.39, 0.29) is 11.4 Å². The highest BCUT2D eigenvalue weighted by atomic mass is 32.1. The Morgan fingerprint density at radius 2 is 1.92 bits per heavy atom. The fourth-order valence-corrected chi connectivity index (χ4v) is 3.90. The van der Waals surface area contributed by atoms with Crippen molar-refractivity contribution in [1.29, 1.82) is 0 Å². The van der Waals surface area contributed by atoms with E-state index in [2.05, 4.69) is 32.2 Å². The molecule has 0 bridgehead atoms. The molecule has 0 atom stereocenters. The molecule has 0 saturated carbocycles. The first-order valence-corrected chi connectivity index (χ1v) is 9.55. The molecule has 138 valence electrons. The Kier molecular flexibility index (Phi) is 4.69. The monoisotopic (exact) mass is 371 g/mol. The number of fused-ring (bicyclic) bond motifs is 1. The summed E-state index contributed by atoms with van der Waals surface area (Å²) in [6.45, 7) is 10.3. The van der Waals surface area contributed by atoms with Gasteiger partial charge in [0.1, 0.15) is 5.58 Å². The summed E-state index contributed by atoms with van der Waals surface area (Å²) < 4.78 is 10.9. The number of nitrogens with zero attached hydrogens (tertiary/aromatic N) is 1. The second kappa shape index (κ2) is 6.54. The van der Waals surface area contributed by atoms with Gasteiger partial charge < -0.3 is 9.15 Å². The van der Waals surface area contributed by atoms with Crippen molar-refractivity contribution in [2.45, 2.75) is 46.5 Å². The molecule has 26 heavy (non-hydrogen) atoms. The first kappa shape index (κ1) is 18.6. The van der Waals surface area contributed by atoms with Gasteiger partial charge in [0, 0.05) is 16.2 Å². The van der Waals surface area contributed by atoms with E-state index >= 15 is 0 Å². The van der Waals surface area contributed by atoms with E-state index in [1.807, 2.05) is 32.0 Å². The van der Waals surface area contributed by atoms with Crippen LogP contribution in [0.15, 0.2) is 34.1 Å². The number of furan rings is 1. The maximum Gasteiger partial charge on any atom is 0.311 e. The number of carbonyl (C=O) groups excluding carboxylic acids is 1. The molecule has 3 aromatic rings. The maximum absolute atomic E-state index is 11.9. The minimum absolute atomic E-state index is 0.0212. The molecule has 0 saturated heterocycles. The zero-order chi connectivity index (χ0) is 19.1. The number of esters is 1. The number of hydrogen-bond acceptors (Lipinski definition) is 5. The van der Waals surface area contributed by atoms with Crippen LogP contribution >= 0.6 is 11.3 Å². The van der Waals surface area contributed by atoms with Crippen LogP contribution in [0.25, 0.3) is 21.7 Å². The molecule has 0 aliphatic carbocycles. The molecule has 0 N–H and O–H groups in total. The number of methoxy groups -OCH3 is 1. The SMILES string of the molecule is COC(=O)C(C)(C)Cc1ccc2oc(-c3nc(C(C)(C)C)cs3)cc2c1. The highest BCUT2D eigenvalue weighted by Crippen LogP contribution is 2.34. The quantitative estimate of drug-likeness (QED) is 0.561. The molecule has 0 unspecified atom stereocenters. The molecule has 0 radical (unpaired) electrons. The van der Waals surface area contributed by atoms with E-state index in [4.69, 9.17) is 14.1 Å². The minimum atomic E-state index is -0.564. The Labute approximate surface area is 158 Å². The summed E-state index contributed by atoms with van der Waals surface area (Å²) in [6, 6.07) is 8.06. The van der Waals surface area contributed by atoms with Crippen LogP contribution in [0.4, 0.5) is 0 Å². The lowest BCUT2D eigenvalue weighted by atomic mass is 9.85.